The fraction of sp³-hybridized carbons (Fsp3) is 0.158. The molecule has 0 aliphatic heterocycles. The van der Waals surface area contributed by atoms with Gasteiger partial charge in [-0.25, -0.2) is 4.98 Å². The number of pyridine rings is 2. The van der Waals surface area contributed by atoms with E-state index in [-0.39, 0.29) is 5.56 Å². The number of hydrogen-bond donors (Lipinski definition) is 3. The molecule has 0 bridgehead atoms. The molecule has 0 aliphatic rings. The molecule has 0 atom stereocenters. The molecule has 4 heterocycles. The van der Waals surface area contributed by atoms with Gasteiger partial charge in [0.1, 0.15) is 11.5 Å². The van der Waals surface area contributed by atoms with E-state index in [1.54, 1.807) is 17.5 Å². The fourth-order valence-corrected chi connectivity index (χ4v) is 3.85. The van der Waals surface area contributed by atoms with Gasteiger partial charge in [-0.15, -0.1) is 11.3 Å². The molecule has 4 aromatic heterocycles. The van der Waals surface area contributed by atoms with Crippen LogP contribution in [0.25, 0.3) is 21.5 Å². The topological polar surface area (TPSA) is 76.8 Å². The summed E-state index contributed by atoms with van der Waals surface area (Å²) in [6.45, 7) is 2.03. The molecule has 0 radical (unpaired) electrons. The maximum atomic E-state index is 12.6. The van der Waals surface area contributed by atoms with E-state index in [1.165, 1.54) is 0 Å². The zero-order valence-corrected chi connectivity index (χ0v) is 15.6. The largest absolute Gasteiger partial charge is 0.362 e. The van der Waals surface area contributed by atoms with Crippen LogP contribution in [-0.2, 0) is 0 Å². The molecule has 0 spiro atoms. The van der Waals surface area contributed by atoms with Crippen molar-refractivity contribution in [3.63, 3.8) is 0 Å². The fourth-order valence-electron chi connectivity index (χ4n) is 2.94. The summed E-state index contributed by atoms with van der Waals surface area (Å²) in [5.74, 6) is 0.729. The lowest BCUT2D eigenvalue weighted by Gasteiger charge is -2.19. The van der Waals surface area contributed by atoms with E-state index < -0.39 is 0 Å². The molecule has 0 saturated carbocycles. The van der Waals surface area contributed by atoms with Crippen LogP contribution in [0.3, 0.4) is 0 Å². The van der Waals surface area contributed by atoms with Crippen molar-refractivity contribution < 1.29 is 0 Å². The van der Waals surface area contributed by atoms with Gasteiger partial charge in [0, 0.05) is 36.8 Å². The molecule has 0 aromatic carbocycles. The first kappa shape index (κ1) is 16.4. The molecular weight excluding hydrogens is 346 g/mol. The Bertz CT molecular complexity index is 1140. The van der Waals surface area contributed by atoms with Gasteiger partial charge >= 0.3 is 0 Å². The van der Waals surface area contributed by atoms with Gasteiger partial charge in [0.2, 0.25) is 0 Å². The van der Waals surface area contributed by atoms with E-state index in [1.807, 2.05) is 61.8 Å². The number of aromatic amines is 2. The number of anilines is 3. The molecule has 7 heteroatoms. The Hall–Kier alpha value is -3.06. The number of H-pyrrole nitrogens is 2. The van der Waals surface area contributed by atoms with Gasteiger partial charge in [-0.3, -0.25) is 4.79 Å². The van der Waals surface area contributed by atoms with E-state index in [0.29, 0.717) is 5.56 Å². The molecule has 4 aromatic rings. The predicted molar refractivity (Wildman–Crippen MR) is 109 cm³/mol. The second-order valence-corrected chi connectivity index (χ2v) is 7.29. The highest BCUT2D eigenvalue weighted by atomic mass is 32.1. The lowest BCUT2D eigenvalue weighted by Crippen LogP contribution is -2.19. The van der Waals surface area contributed by atoms with Gasteiger partial charge in [-0.1, -0.05) is 0 Å². The van der Waals surface area contributed by atoms with E-state index in [4.69, 9.17) is 0 Å². The summed E-state index contributed by atoms with van der Waals surface area (Å²) in [6, 6.07) is 7.86. The molecule has 0 unspecified atom stereocenters. The number of hydrogen-bond acceptors (Lipinski definition) is 5. The first-order valence-corrected chi connectivity index (χ1v) is 9.10. The van der Waals surface area contributed by atoms with E-state index in [9.17, 15) is 4.79 Å². The summed E-state index contributed by atoms with van der Waals surface area (Å²) < 4.78 is 0. The maximum absolute atomic E-state index is 12.6. The molecule has 4 rings (SSSR count). The molecule has 0 aliphatic carbocycles. The number of fused-ring (bicyclic) bond motifs is 1. The number of nitrogens with zero attached hydrogens (tertiary/aromatic N) is 2. The summed E-state index contributed by atoms with van der Waals surface area (Å²) in [6.07, 6.45) is 3.62. The highest BCUT2D eigenvalue weighted by molar-refractivity contribution is 7.13. The van der Waals surface area contributed by atoms with E-state index in [2.05, 4.69) is 20.3 Å². The van der Waals surface area contributed by atoms with Gasteiger partial charge in [0.15, 0.2) is 0 Å². The zero-order chi connectivity index (χ0) is 18.3. The number of nitrogens with one attached hydrogen (secondary N) is 3. The Morgan fingerprint density at radius 2 is 2.04 bits per heavy atom. The van der Waals surface area contributed by atoms with Gasteiger partial charge in [0.05, 0.1) is 16.9 Å². The summed E-state index contributed by atoms with van der Waals surface area (Å²) in [7, 11) is 3.81. The third-order valence-corrected chi connectivity index (χ3v) is 5.27. The van der Waals surface area contributed by atoms with Gasteiger partial charge in [-0.05, 0) is 42.1 Å². The van der Waals surface area contributed by atoms with Gasteiger partial charge in [-0.2, -0.15) is 0 Å². The van der Waals surface area contributed by atoms with Crippen molar-refractivity contribution in [2.24, 2.45) is 0 Å². The average Bonchev–Trinajstić information content (AvgIpc) is 3.25. The Morgan fingerprint density at radius 3 is 2.77 bits per heavy atom. The summed E-state index contributed by atoms with van der Waals surface area (Å²) in [5, 5.41) is 6.51. The number of aromatic nitrogens is 3. The van der Waals surface area contributed by atoms with E-state index in [0.717, 1.165) is 38.7 Å². The Balaban J connectivity index is 1.86. The van der Waals surface area contributed by atoms with Crippen molar-refractivity contribution in [2.75, 3.05) is 24.3 Å². The Labute approximate surface area is 154 Å². The van der Waals surface area contributed by atoms with Crippen LogP contribution in [0.5, 0.6) is 0 Å². The molecule has 3 N–H and O–H groups in total. The van der Waals surface area contributed by atoms with Crippen molar-refractivity contribution in [3.05, 3.63) is 58.0 Å². The minimum absolute atomic E-state index is 0.0948. The molecular formula is C19H19N5OS. The van der Waals surface area contributed by atoms with Crippen molar-refractivity contribution in [2.45, 2.75) is 6.92 Å². The minimum Gasteiger partial charge on any atom is -0.362 e. The van der Waals surface area contributed by atoms with Crippen LogP contribution >= 0.6 is 11.3 Å². The molecule has 0 amide bonds. The summed E-state index contributed by atoms with van der Waals surface area (Å²) in [4.78, 5) is 25.9. The lowest BCUT2D eigenvalue weighted by molar-refractivity contribution is 1.05. The highest BCUT2D eigenvalue weighted by Gasteiger charge is 2.14. The normalized spacial score (nSPS) is 11.0. The van der Waals surface area contributed by atoms with Crippen LogP contribution in [0.15, 0.2) is 46.8 Å². The van der Waals surface area contributed by atoms with Crippen LogP contribution < -0.4 is 15.8 Å². The monoisotopic (exact) mass is 365 g/mol. The van der Waals surface area contributed by atoms with Crippen molar-refractivity contribution in [3.8, 4) is 10.4 Å². The number of thiophene rings is 1. The standard InChI is InChI=1S/C19H19N5OS/c1-11-8-16(26-10-11)13-9-15(18(24(2)3)23-19(13)25)22-14-5-7-21-17-12(14)4-6-20-17/h4-10H,1-3H3,(H,23,25)(H2,20,21,22). The second kappa shape index (κ2) is 6.34. The summed E-state index contributed by atoms with van der Waals surface area (Å²) >= 11 is 1.57. The molecule has 6 nitrogen and oxygen atoms in total. The van der Waals surface area contributed by atoms with Crippen LogP contribution in [0, 0.1) is 6.92 Å². The second-order valence-electron chi connectivity index (χ2n) is 6.38. The minimum atomic E-state index is -0.0948. The number of aryl methyl sites for hydroxylation is 1. The zero-order valence-electron chi connectivity index (χ0n) is 14.8. The maximum Gasteiger partial charge on any atom is 0.258 e. The molecule has 132 valence electrons. The van der Waals surface area contributed by atoms with Crippen molar-refractivity contribution in [1.29, 1.82) is 0 Å². The van der Waals surface area contributed by atoms with Crippen molar-refractivity contribution in [1.82, 2.24) is 15.0 Å². The summed E-state index contributed by atoms with van der Waals surface area (Å²) in [5.41, 5.74) is 4.31. The smallest absolute Gasteiger partial charge is 0.258 e. The van der Waals surface area contributed by atoms with E-state index >= 15 is 0 Å². The Morgan fingerprint density at radius 1 is 1.19 bits per heavy atom. The highest BCUT2D eigenvalue weighted by Crippen LogP contribution is 2.32. The first-order valence-electron chi connectivity index (χ1n) is 8.22. The van der Waals surface area contributed by atoms with Crippen LogP contribution in [-0.4, -0.2) is 29.0 Å². The van der Waals surface area contributed by atoms with Gasteiger partial charge < -0.3 is 20.2 Å². The number of rotatable bonds is 4. The van der Waals surface area contributed by atoms with Crippen LogP contribution in [0.2, 0.25) is 0 Å². The molecule has 0 saturated heterocycles. The van der Waals surface area contributed by atoms with Crippen LogP contribution in [0.1, 0.15) is 5.56 Å². The third-order valence-electron chi connectivity index (χ3n) is 4.19. The quantitative estimate of drug-likeness (QED) is 0.509. The average molecular weight is 365 g/mol. The SMILES string of the molecule is Cc1csc(-c2cc(Nc3ccnc4[nH]ccc34)c(N(C)C)[nH]c2=O)c1. The lowest BCUT2D eigenvalue weighted by atomic mass is 10.2. The first-order chi connectivity index (χ1) is 12.5. The Kier molecular flexibility index (Phi) is 4.00. The van der Waals surface area contributed by atoms with Gasteiger partial charge in [0.25, 0.3) is 5.56 Å². The predicted octanol–water partition coefficient (Wildman–Crippen LogP) is 4.10. The molecule has 26 heavy (non-hydrogen) atoms. The van der Waals surface area contributed by atoms with Crippen LogP contribution in [0.4, 0.5) is 17.2 Å². The van der Waals surface area contributed by atoms with Crippen molar-refractivity contribution >= 4 is 39.6 Å². The molecule has 0 fully saturated rings. The third kappa shape index (κ3) is 2.86.